The van der Waals surface area contributed by atoms with E-state index < -0.39 is 7.92 Å². The van der Waals surface area contributed by atoms with Crippen LogP contribution in [0.15, 0.2) is 24.3 Å². The highest BCUT2D eigenvalue weighted by molar-refractivity contribution is 7.73. The lowest BCUT2D eigenvalue weighted by molar-refractivity contribution is 0.222. The lowest BCUT2D eigenvalue weighted by Crippen LogP contribution is -2.42. The van der Waals surface area contributed by atoms with Gasteiger partial charge in [-0.25, -0.2) is 0 Å². The van der Waals surface area contributed by atoms with Crippen LogP contribution >= 0.6 is 15.8 Å². The van der Waals surface area contributed by atoms with Gasteiger partial charge in [0.1, 0.15) is 11.5 Å². The normalized spacial score (nSPS) is 26.3. The van der Waals surface area contributed by atoms with Crippen molar-refractivity contribution in [2.75, 3.05) is 14.2 Å². The van der Waals surface area contributed by atoms with Crippen molar-refractivity contribution in [3.63, 3.8) is 0 Å². The molecule has 7 unspecified atom stereocenters. The maximum absolute atomic E-state index is 5.89. The van der Waals surface area contributed by atoms with Crippen molar-refractivity contribution in [1.29, 1.82) is 0 Å². The fourth-order valence-electron chi connectivity index (χ4n) is 10.4. The zero-order valence-corrected chi connectivity index (χ0v) is 33.4. The second-order valence-electron chi connectivity index (χ2n) is 16.7. The molecule has 7 atom stereocenters. The van der Waals surface area contributed by atoms with Gasteiger partial charge in [0.2, 0.25) is 0 Å². The number of rotatable bonds is 9. The number of hydrogen-bond donors (Lipinski definition) is 0. The summed E-state index contributed by atoms with van der Waals surface area (Å²) in [5, 5.41) is 3.76. The molecule has 4 rings (SSSR count). The Morgan fingerprint density at radius 2 is 1.18 bits per heavy atom. The van der Waals surface area contributed by atoms with Crippen LogP contribution in [0.1, 0.15) is 117 Å². The van der Waals surface area contributed by atoms with Gasteiger partial charge in [0, 0.05) is 0 Å². The number of benzene rings is 2. The Morgan fingerprint density at radius 3 is 1.53 bits per heavy atom. The van der Waals surface area contributed by atoms with Crippen LogP contribution in [0.25, 0.3) is 0 Å². The third-order valence-corrected chi connectivity index (χ3v) is 18.7. The predicted molar refractivity (Wildman–Crippen MR) is 203 cm³/mol. The summed E-state index contributed by atoms with van der Waals surface area (Å²) in [7, 11) is 2.86. The third kappa shape index (κ3) is 7.34. The van der Waals surface area contributed by atoms with Gasteiger partial charge in [0.15, 0.2) is 0 Å². The summed E-state index contributed by atoms with van der Waals surface area (Å²) in [5.41, 5.74) is 6.55. The molecule has 0 saturated heterocycles. The molecule has 0 heterocycles. The van der Waals surface area contributed by atoms with E-state index in [0.29, 0.717) is 16.0 Å². The smallest absolute Gasteiger partial charge is 0.124 e. The van der Waals surface area contributed by atoms with Gasteiger partial charge >= 0.3 is 0 Å². The van der Waals surface area contributed by atoms with Gasteiger partial charge in [-0.1, -0.05) is 76.7 Å². The van der Waals surface area contributed by atoms with Crippen LogP contribution in [0.4, 0.5) is 0 Å². The minimum absolute atomic E-state index is 0.197. The maximum atomic E-state index is 5.89. The highest BCUT2D eigenvalue weighted by Gasteiger charge is 2.55. The van der Waals surface area contributed by atoms with E-state index in [0.717, 1.165) is 46.7 Å². The molecule has 2 nitrogen and oxygen atoms in total. The van der Waals surface area contributed by atoms with Crippen molar-refractivity contribution in [1.82, 2.24) is 0 Å². The summed E-state index contributed by atoms with van der Waals surface area (Å²) in [6, 6.07) is 9.99. The number of ether oxygens (including phenoxy) is 2. The molecule has 0 aliphatic heterocycles. The zero-order valence-electron chi connectivity index (χ0n) is 31.6. The second kappa shape index (κ2) is 14.2. The Bertz CT molecular complexity index is 1200. The first-order valence-electron chi connectivity index (χ1n) is 17.9. The fraction of sp³-hybridized carbons (Fsp3) is 0.707. The number of hydrogen-bond acceptors (Lipinski definition) is 2. The maximum Gasteiger partial charge on any atom is 0.124 e. The van der Waals surface area contributed by atoms with Crippen LogP contribution in [0.3, 0.4) is 0 Å². The summed E-state index contributed by atoms with van der Waals surface area (Å²) in [4.78, 5) is 0. The molecule has 45 heavy (non-hydrogen) atoms. The van der Waals surface area contributed by atoms with Gasteiger partial charge < -0.3 is 9.47 Å². The molecule has 0 amide bonds. The van der Waals surface area contributed by atoms with E-state index in [1.165, 1.54) is 54.4 Å². The number of methoxy groups -OCH3 is 2. The van der Waals surface area contributed by atoms with Gasteiger partial charge in [-0.3, -0.25) is 0 Å². The Morgan fingerprint density at radius 1 is 0.733 bits per heavy atom. The first kappa shape index (κ1) is 36.7. The third-order valence-electron chi connectivity index (χ3n) is 11.5. The van der Waals surface area contributed by atoms with Gasteiger partial charge in [-0.15, -0.1) is 0 Å². The predicted octanol–water partition coefficient (Wildman–Crippen LogP) is 11.3. The van der Waals surface area contributed by atoms with Crippen LogP contribution in [0.5, 0.6) is 11.5 Å². The highest BCUT2D eigenvalue weighted by Crippen LogP contribution is 2.70. The molecular weight excluding hydrogens is 586 g/mol. The van der Waals surface area contributed by atoms with E-state index >= 15 is 0 Å². The molecule has 2 aromatic rings. The molecule has 2 aromatic carbocycles. The molecule has 0 radical (unpaired) electrons. The van der Waals surface area contributed by atoms with Crippen molar-refractivity contribution >= 4 is 26.5 Å². The van der Waals surface area contributed by atoms with Gasteiger partial charge in [-0.2, -0.15) is 0 Å². The van der Waals surface area contributed by atoms with Gasteiger partial charge in [0.25, 0.3) is 0 Å². The monoisotopic (exact) mass is 652 g/mol. The van der Waals surface area contributed by atoms with E-state index in [1.807, 2.05) is 14.2 Å². The molecule has 2 aliphatic rings. The van der Waals surface area contributed by atoms with E-state index in [1.54, 1.807) is 10.6 Å². The summed E-state index contributed by atoms with van der Waals surface area (Å²) < 4.78 is 11.8. The fourth-order valence-corrected chi connectivity index (χ4v) is 19.2. The Balaban J connectivity index is 1.98. The molecule has 2 saturated carbocycles. The average molecular weight is 653 g/mol. The van der Waals surface area contributed by atoms with E-state index in [2.05, 4.69) is 114 Å². The molecule has 4 heteroatoms. The van der Waals surface area contributed by atoms with E-state index in [9.17, 15) is 0 Å². The number of fused-ring (bicyclic) bond motifs is 2. The Hall–Kier alpha value is -1.10. The first-order chi connectivity index (χ1) is 21.0. The van der Waals surface area contributed by atoms with Crippen molar-refractivity contribution in [2.45, 2.75) is 144 Å². The molecule has 2 fully saturated rings. The molecule has 252 valence electrons. The van der Waals surface area contributed by atoms with Crippen LogP contribution in [-0.2, 0) is 0 Å². The molecular formula is C41H66O2P2. The number of aryl methyl sites for hydroxylation is 4. The topological polar surface area (TPSA) is 18.5 Å². The molecule has 0 aromatic heterocycles. The summed E-state index contributed by atoms with van der Waals surface area (Å²) in [6.07, 6.45) is 6.81. The highest BCUT2D eigenvalue weighted by atomic mass is 31.1. The minimum atomic E-state index is -0.591. The summed E-state index contributed by atoms with van der Waals surface area (Å²) >= 11 is 0. The van der Waals surface area contributed by atoms with Gasteiger partial charge in [-0.05, 0) is 170 Å². The summed E-state index contributed by atoms with van der Waals surface area (Å²) in [6.45, 7) is 32.0. The van der Waals surface area contributed by atoms with Crippen LogP contribution in [0.2, 0.25) is 0 Å². The lowest BCUT2D eigenvalue weighted by atomic mass is 9.76. The Labute approximate surface area is 280 Å². The van der Waals surface area contributed by atoms with E-state index in [-0.39, 0.29) is 7.92 Å². The Kier molecular flexibility index (Phi) is 11.6. The van der Waals surface area contributed by atoms with Crippen LogP contribution in [0, 0.1) is 57.3 Å². The second-order valence-corrected chi connectivity index (χ2v) is 23.2. The van der Waals surface area contributed by atoms with Crippen molar-refractivity contribution < 1.29 is 9.47 Å². The van der Waals surface area contributed by atoms with Crippen LogP contribution in [-0.4, -0.2) is 35.8 Å². The van der Waals surface area contributed by atoms with Crippen molar-refractivity contribution in [2.24, 2.45) is 29.6 Å². The molecule has 2 aliphatic carbocycles. The van der Waals surface area contributed by atoms with E-state index in [4.69, 9.17) is 9.47 Å². The molecule has 2 bridgehead atoms. The quantitative estimate of drug-likeness (QED) is 0.251. The lowest BCUT2D eigenvalue weighted by Gasteiger charge is -2.52. The summed E-state index contributed by atoms with van der Waals surface area (Å²) in [5.74, 6) is 6.10. The first-order valence-corrected chi connectivity index (χ1v) is 20.7. The minimum Gasteiger partial charge on any atom is -0.496 e. The zero-order chi connectivity index (χ0) is 33.6. The van der Waals surface area contributed by atoms with Crippen molar-refractivity contribution in [3.8, 4) is 11.5 Å². The van der Waals surface area contributed by atoms with Crippen molar-refractivity contribution in [3.05, 3.63) is 46.5 Å². The standard InChI is InChI=1S/C41H66O2P2/c1-16-30-22-31-24-34(37(29(31)7)35(17-2)45(40(8,9)10)41(11,12)13)36(23-30)44(32-18-25(3)38(42-14)26(4)19-32)33-20-27(5)39(43-15)28(6)21-33/h18-21,29-31,34-37H,16-17,22-24H2,1-15H3. The van der Waals surface area contributed by atoms with Gasteiger partial charge in [0.05, 0.1) is 14.2 Å². The SMILES string of the molecule is CCC1CC2CC(C(C(CC)P(C(C)(C)C)C(C)(C)C)C2C)C(P(c2cc(C)c(OC)c(C)c2)c2cc(C)c(OC)c(C)c2)C1. The molecule has 0 N–H and O–H groups in total. The largest absolute Gasteiger partial charge is 0.496 e. The van der Waals surface area contributed by atoms with Crippen LogP contribution < -0.4 is 20.1 Å². The molecule has 0 spiro atoms. The average Bonchev–Trinajstić information content (AvgIpc) is 3.11.